The molecule has 0 saturated carbocycles. The Kier molecular flexibility index (Phi) is 5.76. The monoisotopic (exact) mass is 409 g/mol. The number of hydrogen-bond acceptors (Lipinski definition) is 6. The van der Waals surface area contributed by atoms with Crippen LogP contribution in [0, 0.1) is 0 Å². The van der Waals surface area contributed by atoms with Gasteiger partial charge in [-0.05, 0) is 0 Å². The Morgan fingerprint density at radius 2 is 1.76 bits per heavy atom. The molecule has 0 aliphatic heterocycles. The van der Waals surface area contributed by atoms with Crippen molar-refractivity contribution in [1.82, 2.24) is 0 Å². The van der Waals surface area contributed by atoms with Crippen LogP contribution in [-0.2, 0) is 15.0 Å². The predicted octanol–water partition coefficient (Wildman–Crippen LogP) is 0.323. The SMILES string of the molecule is N[C@H](Cc1ccc(O)c(N=Nc2ccc([As](=O)(O)O)cc2)c1)C(=O)O. The molecule has 2 aromatic rings. The third kappa shape index (κ3) is 5.26. The van der Waals surface area contributed by atoms with Crippen LogP contribution in [0.15, 0.2) is 52.7 Å². The minimum atomic E-state index is -4.94. The van der Waals surface area contributed by atoms with Crippen molar-refractivity contribution in [3.05, 3.63) is 48.0 Å². The van der Waals surface area contributed by atoms with Gasteiger partial charge in [-0.25, -0.2) is 0 Å². The van der Waals surface area contributed by atoms with E-state index in [-0.39, 0.29) is 22.2 Å². The van der Waals surface area contributed by atoms with Crippen molar-refractivity contribution in [1.29, 1.82) is 0 Å². The van der Waals surface area contributed by atoms with Crippen LogP contribution < -0.4 is 10.1 Å². The molecule has 0 aliphatic carbocycles. The predicted molar refractivity (Wildman–Crippen MR) is 88.6 cm³/mol. The van der Waals surface area contributed by atoms with Crippen molar-refractivity contribution in [3.63, 3.8) is 0 Å². The van der Waals surface area contributed by atoms with E-state index >= 15 is 0 Å². The molecular weight excluding hydrogens is 393 g/mol. The number of carboxylic acids is 1. The molecule has 0 aliphatic rings. The molecule has 0 amide bonds. The van der Waals surface area contributed by atoms with Crippen molar-refractivity contribution in [2.45, 2.75) is 12.5 Å². The van der Waals surface area contributed by atoms with Crippen LogP contribution in [0.25, 0.3) is 0 Å². The average molecular weight is 409 g/mol. The van der Waals surface area contributed by atoms with E-state index in [0.717, 1.165) is 0 Å². The Morgan fingerprint density at radius 1 is 1.12 bits per heavy atom. The third-order valence-electron chi connectivity index (χ3n) is 3.27. The maximum absolute atomic E-state index is 11.2. The summed E-state index contributed by atoms with van der Waals surface area (Å²) in [5.41, 5.74) is 6.50. The van der Waals surface area contributed by atoms with Crippen LogP contribution in [0.1, 0.15) is 5.56 Å². The first-order valence-electron chi connectivity index (χ1n) is 7.05. The number of phenolic OH excluding ortho intramolecular Hbond substituents is 1. The van der Waals surface area contributed by atoms with Gasteiger partial charge >= 0.3 is 135 Å². The summed E-state index contributed by atoms with van der Waals surface area (Å²) < 4.78 is 29.3. The topological polar surface area (TPSA) is 166 Å². The van der Waals surface area contributed by atoms with Crippen LogP contribution in [0.2, 0.25) is 0 Å². The number of hydrogen-bond donors (Lipinski definition) is 5. The van der Waals surface area contributed by atoms with E-state index in [1.54, 1.807) is 0 Å². The summed E-state index contributed by atoms with van der Waals surface area (Å²) in [6.07, 6.45) is 0.0666. The number of carboxylic acid groups (broad SMARTS) is 1. The molecule has 0 unspecified atom stereocenters. The Hall–Kier alpha value is -2.45. The Balaban J connectivity index is 2.20. The number of nitrogens with zero attached hydrogens (tertiary/aromatic N) is 2. The molecule has 0 aromatic heterocycles. The summed E-state index contributed by atoms with van der Waals surface area (Å²) >= 11 is -4.94. The van der Waals surface area contributed by atoms with E-state index in [0.29, 0.717) is 11.3 Å². The van der Waals surface area contributed by atoms with Gasteiger partial charge in [0, 0.05) is 0 Å². The van der Waals surface area contributed by atoms with Gasteiger partial charge in [0.1, 0.15) is 0 Å². The first-order valence-corrected chi connectivity index (χ1v) is 10.4. The number of rotatable bonds is 6. The van der Waals surface area contributed by atoms with Gasteiger partial charge in [-0.1, -0.05) is 0 Å². The second-order valence-electron chi connectivity index (χ2n) is 5.23. The van der Waals surface area contributed by atoms with Crippen LogP contribution in [-0.4, -0.2) is 44.6 Å². The molecule has 0 heterocycles. The third-order valence-corrected chi connectivity index (χ3v) is 5.31. The first-order chi connectivity index (χ1) is 11.7. The van der Waals surface area contributed by atoms with Gasteiger partial charge in [-0.3, -0.25) is 4.79 Å². The van der Waals surface area contributed by atoms with Gasteiger partial charge in [0.15, 0.2) is 0 Å². The summed E-state index contributed by atoms with van der Waals surface area (Å²) in [4.78, 5) is 10.8. The average Bonchev–Trinajstić information content (AvgIpc) is 2.54. The van der Waals surface area contributed by atoms with Gasteiger partial charge in [-0.2, -0.15) is 0 Å². The van der Waals surface area contributed by atoms with Crippen LogP contribution in [0.4, 0.5) is 11.4 Å². The fourth-order valence-electron chi connectivity index (χ4n) is 1.94. The molecule has 25 heavy (non-hydrogen) atoms. The van der Waals surface area contributed by atoms with Crippen molar-refractivity contribution in [2.24, 2.45) is 16.0 Å². The zero-order valence-corrected chi connectivity index (χ0v) is 14.7. The summed E-state index contributed by atoms with van der Waals surface area (Å²) in [6, 6.07) is 8.59. The minimum absolute atomic E-state index is 0.0666. The molecule has 132 valence electrons. The summed E-state index contributed by atoms with van der Waals surface area (Å²) in [7, 11) is 0. The molecule has 6 N–H and O–H groups in total. The normalized spacial score (nSPS) is 13.1. The van der Waals surface area contributed by atoms with Gasteiger partial charge in [0.05, 0.1) is 0 Å². The van der Waals surface area contributed by atoms with Crippen LogP contribution >= 0.6 is 0 Å². The molecule has 0 saturated heterocycles. The van der Waals surface area contributed by atoms with Crippen molar-refractivity contribution >= 4 is 35.9 Å². The number of azo groups is 1. The Labute approximate surface area is 145 Å². The molecule has 0 spiro atoms. The minimum Gasteiger partial charge on any atom is -0.480 e. The number of phenols is 1. The van der Waals surface area contributed by atoms with Crippen molar-refractivity contribution in [3.8, 4) is 5.75 Å². The second kappa shape index (κ2) is 7.62. The van der Waals surface area contributed by atoms with Gasteiger partial charge in [0.25, 0.3) is 0 Å². The Morgan fingerprint density at radius 3 is 2.32 bits per heavy atom. The zero-order chi connectivity index (χ0) is 18.6. The van der Waals surface area contributed by atoms with Crippen LogP contribution in [0.5, 0.6) is 5.75 Å². The fraction of sp³-hybridized carbons (Fsp3) is 0.133. The summed E-state index contributed by atoms with van der Waals surface area (Å²) in [5.74, 6) is -1.28. The summed E-state index contributed by atoms with van der Waals surface area (Å²) in [6.45, 7) is 0. The zero-order valence-electron chi connectivity index (χ0n) is 12.9. The Bertz CT molecular complexity index is 847. The van der Waals surface area contributed by atoms with E-state index in [1.807, 2.05) is 0 Å². The smallest absolute Gasteiger partial charge is 0.480 e. The number of aromatic hydroxyl groups is 1. The van der Waals surface area contributed by atoms with E-state index in [4.69, 9.17) is 19.0 Å². The molecule has 1 atom stereocenters. The van der Waals surface area contributed by atoms with E-state index in [1.165, 1.54) is 42.5 Å². The molecule has 0 bridgehead atoms. The molecule has 2 rings (SSSR count). The molecule has 2 aromatic carbocycles. The number of nitrogens with two attached hydrogens (primary N) is 1. The quantitative estimate of drug-likeness (QED) is 0.338. The van der Waals surface area contributed by atoms with Crippen LogP contribution in [0.3, 0.4) is 0 Å². The number of aliphatic carboxylic acids is 1. The second-order valence-corrected chi connectivity index (χ2v) is 8.60. The van der Waals surface area contributed by atoms with Gasteiger partial charge < -0.3 is 5.11 Å². The van der Waals surface area contributed by atoms with Gasteiger partial charge in [0.2, 0.25) is 0 Å². The maximum atomic E-state index is 11.2. The standard InChI is InChI=1S/C15H16AsN3O6/c17-12(15(21)22)7-9-1-6-14(20)13(8-9)19-18-11-4-2-10(3-5-11)16(23,24)25/h1-6,8,12,20H,7,17H2,(H,21,22)(H2,23,24,25)/t12-/m1/s1. The fourth-order valence-corrected chi connectivity index (χ4v) is 3.07. The van der Waals surface area contributed by atoms with Crippen molar-refractivity contribution in [2.75, 3.05) is 0 Å². The molecular formula is C15H16AsN3O6. The number of benzene rings is 2. The van der Waals surface area contributed by atoms with E-state index in [2.05, 4.69) is 10.2 Å². The van der Waals surface area contributed by atoms with E-state index in [9.17, 15) is 13.6 Å². The van der Waals surface area contributed by atoms with E-state index < -0.39 is 26.2 Å². The summed E-state index contributed by atoms with van der Waals surface area (Å²) in [5, 5.41) is 26.4. The van der Waals surface area contributed by atoms with Gasteiger partial charge in [-0.15, -0.1) is 0 Å². The first kappa shape index (κ1) is 18.9. The molecule has 9 nitrogen and oxygen atoms in total. The van der Waals surface area contributed by atoms with Crippen molar-refractivity contribution < 1.29 is 26.9 Å². The molecule has 0 radical (unpaired) electrons. The molecule has 0 fully saturated rings. The number of carbonyl (C=O) groups is 1. The molecule has 10 heteroatoms.